The van der Waals surface area contributed by atoms with Crippen LogP contribution in [0, 0.1) is 5.82 Å². The Morgan fingerprint density at radius 2 is 1.75 bits per heavy atom. The van der Waals surface area contributed by atoms with Gasteiger partial charge in [-0.15, -0.1) is 0 Å². The van der Waals surface area contributed by atoms with E-state index in [2.05, 4.69) is 15.9 Å². The molecule has 24 heavy (non-hydrogen) atoms. The first kappa shape index (κ1) is 19.1. The Morgan fingerprint density at radius 1 is 1.08 bits per heavy atom. The number of benzene rings is 2. The Balaban J connectivity index is 2.63. The van der Waals surface area contributed by atoms with Crippen LogP contribution in [-0.4, -0.2) is 42.4 Å². The molecule has 3 nitrogen and oxygen atoms in total. The monoisotopic (exact) mass is 395 g/mol. The summed E-state index contributed by atoms with van der Waals surface area (Å²) in [4.78, 5) is 2.05. The van der Waals surface area contributed by atoms with Crippen molar-refractivity contribution in [3.8, 4) is 0 Å². The van der Waals surface area contributed by atoms with Gasteiger partial charge in [-0.3, -0.25) is 0 Å². The maximum absolute atomic E-state index is 13.4. The fourth-order valence-electron chi connectivity index (χ4n) is 3.03. The summed E-state index contributed by atoms with van der Waals surface area (Å²) in [6, 6.07) is 11.9. The normalized spacial score (nSPS) is 14.0. The molecule has 0 saturated carbocycles. The zero-order valence-electron chi connectivity index (χ0n) is 14.0. The van der Waals surface area contributed by atoms with Gasteiger partial charge in [0.2, 0.25) is 0 Å². The molecular weight excluding hydrogens is 373 g/mol. The highest BCUT2D eigenvalue weighted by atomic mass is 79.9. The number of nitrogens with zero attached hydrogens (tertiary/aromatic N) is 1. The van der Waals surface area contributed by atoms with Crippen LogP contribution in [0.25, 0.3) is 0 Å². The minimum Gasteiger partial charge on any atom is -0.395 e. The zero-order valence-corrected chi connectivity index (χ0v) is 15.6. The maximum atomic E-state index is 13.4. The van der Waals surface area contributed by atoms with Gasteiger partial charge in [0.15, 0.2) is 0 Å². The van der Waals surface area contributed by atoms with Crippen molar-refractivity contribution >= 4 is 15.9 Å². The molecule has 0 aliphatic carbocycles. The molecule has 1 atom stereocenters. The predicted molar refractivity (Wildman–Crippen MR) is 97.5 cm³/mol. The molecule has 2 aromatic rings. The van der Waals surface area contributed by atoms with Crippen LogP contribution in [0.5, 0.6) is 0 Å². The van der Waals surface area contributed by atoms with E-state index in [0.717, 1.165) is 27.7 Å². The Kier molecular flexibility index (Phi) is 6.52. The molecule has 0 aliphatic heterocycles. The first-order chi connectivity index (χ1) is 11.4. The molecule has 1 unspecified atom stereocenters. The Hall–Kier alpha value is -1.27. The second-order valence-corrected chi connectivity index (χ2v) is 7.18. The summed E-state index contributed by atoms with van der Waals surface area (Å²) in [5.74, 6) is -0.309. The summed E-state index contributed by atoms with van der Waals surface area (Å²) in [6.07, 6.45) is 0.650. The molecule has 0 heterocycles. The summed E-state index contributed by atoms with van der Waals surface area (Å²) in [6.45, 7) is 0.500. The van der Waals surface area contributed by atoms with Crippen LogP contribution < -0.4 is 0 Å². The van der Waals surface area contributed by atoms with E-state index in [1.54, 1.807) is 12.1 Å². The second-order valence-electron chi connectivity index (χ2n) is 6.26. The van der Waals surface area contributed by atoms with E-state index in [0.29, 0.717) is 6.42 Å². The molecule has 0 fully saturated rings. The summed E-state index contributed by atoms with van der Waals surface area (Å²) in [5, 5.41) is 20.1. The van der Waals surface area contributed by atoms with Crippen molar-refractivity contribution in [1.82, 2.24) is 4.90 Å². The van der Waals surface area contributed by atoms with Gasteiger partial charge in [-0.1, -0.05) is 34.1 Å². The molecule has 0 saturated heterocycles. The highest BCUT2D eigenvalue weighted by molar-refractivity contribution is 9.10. The lowest BCUT2D eigenvalue weighted by Crippen LogP contribution is -2.36. The van der Waals surface area contributed by atoms with Crippen molar-refractivity contribution in [3.63, 3.8) is 0 Å². The fraction of sp³-hybridized carbons (Fsp3) is 0.368. The molecule has 2 rings (SSSR count). The van der Waals surface area contributed by atoms with Crippen molar-refractivity contribution in [1.29, 1.82) is 0 Å². The van der Waals surface area contributed by atoms with E-state index in [1.165, 1.54) is 12.1 Å². The van der Waals surface area contributed by atoms with E-state index >= 15 is 0 Å². The number of rotatable bonds is 7. The van der Waals surface area contributed by atoms with Gasteiger partial charge in [0.1, 0.15) is 5.82 Å². The molecule has 130 valence electrons. The van der Waals surface area contributed by atoms with Crippen LogP contribution in [0.3, 0.4) is 0 Å². The molecule has 0 spiro atoms. The quantitative estimate of drug-likeness (QED) is 0.755. The van der Waals surface area contributed by atoms with E-state index in [1.807, 2.05) is 37.2 Å². The van der Waals surface area contributed by atoms with Crippen molar-refractivity contribution in [2.75, 3.05) is 27.2 Å². The van der Waals surface area contributed by atoms with E-state index in [-0.39, 0.29) is 19.0 Å². The van der Waals surface area contributed by atoms with E-state index in [9.17, 15) is 14.6 Å². The summed E-state index contributed by atoms with van der Waals surface area (Å²) < 4.78 is 14.2. The molecule has 0 amide bonds. The number of hydrogen-bond donors (Lipinski definition) is 2. The van der Waals surface area contributed by atoms with Crippen molar-refractivity contribution in [2.45, 2.75) is 18.4 Å². The first-order valence-corrected chi connectivity index (χ1v) is 8.63. The fourth-order valence-corrected chi connectivity index (χ4v) is 3.44. The van der Waals surface area contributed by atoms with Crippen LogP contribution in [0.1, 0.15) is 23.1 Å². The Labute approximate surface area is 150 Å². The third kappa shape index (κ3) is 4.03. The van der Waals surface area contributed by atoms with Gasteiger partial charge in [-0.05, 0) is 68.0 Å². The van der Waals surface area contributed by atoms with Crippen LogP contribution in [0.4, 0.5) is 4.39 Å². The molecule has 0 aliphatic rings. The largest absolute Gasteiger partial charge is 0.395 e. The van der Waals surface area contributed by atoms with Gasteiger partial charge >= 0.3 is 0 Å². The molecule has 0 bridgehead atoms. The average molecular weight is 396 g/mol. The second kappa shape index (κ2) is 8.21. The first-order valence-electron chi connectivity index (χ1n) is 7.84. The van der Waals surface area contributed by atoms with Crippen LogP contribution in [-0.2, 0) is 12.0 Å². The third-order valence-electron chi connectivity index (χ3n) is 4.41. The zero-order chi connectivity index (χ0) is 17.7. The van der Waals surface area contributed by atoms with Gasteiger partial charge in [0, 0.05) is 9.89 Å². The average Bonchev–Trinajstić information content (AvgIpc) is 2.57. The van der Waals surface area contributed by atoms with Gasteiger partial charge in [-0.25, -0.2) is 4.39 Å². The smallest absolute Gasteiger partial charge is 0.123 e. The molecule has 5 heteroatoms. The molecule has 2 N–H and O–H groups in total. The van der Waals surface area contributed by atoms with Crippen molar-refractivity contribution < 1.29 is 14.6 Å². The van der Waals surface area contributed by atoms with E-state index in [4.69, 9.17) is 0 Å². The van der Waals surface area contributed by atoms with Gasteiger partial charge < -0.3 is 15.1 Å². The third-order valence-corrected chi connectivity index (χ3v) is 4.90. The number of aliphatic hydroxyl groups excluding tert-OH is 2. The molecule has 0 aromatic heterocycles. The van der Waals surface area contributed by atoms with Crippen LogP contribution in [0.2, 0.25) is 0 Å². The highest BCUT2D eigenvalue weighted by Gasteiger charge is 2.35. The maximum Gasteiger partial charge on any atom is 0.123 e. The van der Waals surface area contributed by atoms with E-state index < -0.39 is 5.41 Å². The summed E-state index contributed by atoms with van der Waals surface area (Å²) in [5.41, 5.74) is 1.76. The lowest BCUT2D eigenvalue weighted by atomic mass is 9.71. The number of hydrogen-bond acceptors (Lipinski definition) is 3. The van der Waals surface area contributed by atoms with Crippen molar-refractivity contribution in [3.05, 3.63) is 69.4 Å². The lowest BCUT2D eigenvalue weighted by molar-refractivity contribution is 0.195. The minimum absolute atomic E-state index is 0.124. The highest BCUT2D eigenvalue weighted by Crippen LogP contribution is 2.38. The Bertz CT molecular complexity index is 676. The number of halogens is 2. The van der Waals surface area contributed by atoms with Gasteiger partial charge in [0.25, 0.3) is 0 Å². The van der Waals surface area contributed by atoms with Gasteiger partial charge in [-0.2, -0.15) is 0 Å². The van der Waals surface area contributed by atoms with Crippen LogP contribution >= 0.6 is 15.9 Å². The molecular formula is C19H23BrFNO2. The summed E-state index contributed by atoms with van der Waals surface area (Å²) >= 11 is 3.42. The minimum atomic E-state index is -0.698. The van der Waals surface area contributed by atoms with Gasteiger partial charge in [0.05, 0.1) is 13.2 Å². The van der Waals surface area contributed by atoms with Crippen LogP contribution in [0.15, 0.2) is 46.9 Å². The predicted octanol–water partition coefficient (Wildman–Crippen LogP) is 3.31. The Morgan fingerprint density at radius 3 is 2.29 bits per heavy atom. The summed E-state index contributed by atoms with van der Waals surface area (Å²) in [7, 11) is 3.95. The van der Waals surface area contributed by atoms with Crippen molar-refractivity contribution in [2.24, 2.45) is 0 Å². The lowest BCUT2D eigenvalue weighted by Gasteiger charge is -2.36. The SMILES string of the molecule is CN(C)CCC(CO)(c1ccc(F)cc1)c1ccc(Br)cc1CO. The molecule has 0 radical (unpaired) electrons. The topological polar surface area (TPSA) is 43.7 Å². The number of aliphatic hydroxyl groups is 2. The molecule has 2 aromatic carbocycles. The standard InChI is InChI=1S/C19H23BrFNO2/c1-22(2)10-9-19(13-24,15-3-6-17(21)7-4-15)18-8-5-16(20)11-14(18)12-23/h3-8,11,23-24H,9-10,12-13H2,1-2H3.